The van der Waals surface area contributed by atoms with Crippen molar-refractivity contribution in [2.24, 2.45) is 0 Å². The highest BCUT2D eigenvalue weighted by atomic mass is 15.1. The maximum Gasteiger partial charge on any atom is 0.0169 e. The predicted molar refractivity (Wildman–Crippen MR) is 72.5 cm³/mol. The van der Waals surface area contributed by atoms with E-state index in [0.29, 0.717) is 0 Å². The highest BCUT2D eigenvalue weighted by Crippen LogP contribution is 2.21. The van der Waals surface area contributed by atoms with Gasteiger partial charge in [-0.2, -0.15) is 0 Å². The van der Waals surface area contributed by atoms with Gasteiger partial charge in [0.1, 0.15) is 0 Å². The fourth-order valence-electron chi connectivity index (χ4n) is 1.91. The molecule has 2 rings (SSSR count). The van der Waals surface area contributed by atoms with Gasteiger partial charge in [0.2, 0.25) is 0 Å². The van der Waals surface area contributed by atoms with Gasteiger partial charge in [0.25, 0.3) is 0 Å². The SMILES string of the molecule is CC.CCN1CC=C(c2ccccc2)CC1. The van der Waals surface area contributed by atoms with Gasteiger partial charge in [-0.3, -0.25) is 4.90 Å². The molecule has 0 radical (unpaired) electrons. The van der Waals surface area contributed by atoms with Crippen LogP contribution in [-0.2, 0) is 0 Å². The monoisotopic (exact) mass is 217 g/mol. The smallest absolute Gasteiger partial charge is 0.0169 e. The van der Waals surface area contributed by atoms with E-state index in [-0.39, 0.29) is 0 Å². The van der Waals surface area contributed by atoms with Crippen LogP contribution >= 0.6 is 0 Å². The summed E-state index contributed by atoms with van der Waals surface area (Å²) in [5.41, 5.74) is 2.90. The predicted octanol–water partition coefficient (Wildman–Crippen LogP) is 3.82. The summed E-state index contributed by atoms with van der Waals surface area (Å²) in [5, 5.41) is 0. The van der Waals surface area contributed by atoms with Gasteiger partial charge < -0.3 is 0 Å². The molecule has 1 nitrogen and oxygen atoms in total. The summed E-state index contributed by atoms with van der Waals surface area (Å²) in [6, 6.07) is 10.7. The van der Waals surface area contributed by atoms with Gasteiger partial charge in [0.05, 0.1) is 0 Å². The Labute approximate surface area is 99.8 Å². The summed E-state index contributed by atoms with van der Waals surface area (Å²) in [6.45, 7) is 9.71. The third-order valence-corrected chi connectivity index (χ3v) is 2.89. The number of nitrogens with zero attached hydrogens (tertiary/aromatic N) is 1. The molecule has 88 valence electrons. The standard InChI is InChI=1S/C13H17N.C2H6/c1-2-14-10-8-13(9-11-14)12-6-4-3-5-7-12;1-2/h3-8H,2,9-11H2,1H3;1-2H3. The minimum atomic E-state index is 1.11. The molecule has 1 aromatic carbocycles. The minimum absolute atomic E-state index is 1.11. The number of rotatable bonds is 2. The molecular formula is C15H23N. The van der Waals surface area contributed by atoms with E-state index < -0.39 is 0 Å². The first-order valence-electron chi connectivity index (χ1n) is 6.37. The number of benzene rings is 1. The molecule has 0 spiro atoms. The number of likely N-dealkylation sites (N-methyl/N-ethyl adjacent to an activating group) is 1. The quantitative estimate of drug-likeness (QED) is 0.728. The van der Waals surface area contributed by atoms with Crippen LogP contribution in [0.1, 0.15) is 32.8 Å². The second-order valence-electron chi connectivity index (χ2n) is 3.74. The molecule has 0 aliphatic carbocycles. The van der Waals surface area contributed by atoms with Crippen LogP contribution in [0.5, 0.6) is 0 Å². The first-order chi connectivity index (χ1) is 7.90. The molecule has 1 aliphatic rings. The fraction of sp³-hybridized carbons (Fsp3) is 0.467. The van der Waals surface area contributed by atoms with Crippen molar-refractivity contribution in [2.75, 3.05) is 19.6 Å². The van der Waals surface area contributed by atoms with E-state index in [9.17, 15) is 0 Å². The Kier molecular flexibility index (Phi) is 5.87. The number of hydrogen-bond acceptors (Lipinski definition) is 1. The van der Waals surface area contributed by atoms with Crippen LogP contribution < -0.4 is 0 Å². The first-order valence-corrected chi connectivity index (χ1v) is 6.37. The van der Waals surface area contributed by atoms with Gasteiger partial charge in [-0.1, -0.05) is 57.2 Å². The van der Waals surface area contributed by atoms with Gasteiger partial charge in [-0.15, -0.1) is 0 Å². The zero-order valence-electron chi connectivity index (χ0n) is 10.7. The van der Waals surface area contributed by atoms with Gasteiger partial charge >= 0.3 is 0 Å². The van der Waals surface area contributed by atoms with Crippen molar-refractivity contribution in [3.05, 3.63) is 42.0 Å². The van der Waals surface area contributed by atoms with Crippen LogP contribution in [0, 0.1) is 0 Å². The van der Waals surface area contributed by atoms with Crippen molar-refractivity contribution in [1.82, 2.24) is 4.90 Å². The van der Waals surface area contributed by atoms with Gasteiger partial charge in [0, 0.05) is 13.1 Å². The Balaban J connectivity index is 0.000000606. The number of hydrogen-bond donors (Lipinski definition) is 0. The molecule has 0 atom stereocenters. The topological polar surface area (TPSA) is 3.24 Å². The largest absolute Gasteiger partial charge is 0.300 e. The van der Waals surface area contributed by atoms with E-state index >= 15 is 0 Å². The molecule has 0 unspecified atom stereocenters. The lowest BCUT2D eigenvalue weighted by atomic mass is 10.00. The van der Waals surface area contributed by atoms with Gasteiger partial charge in [-0.25, -0.2) is 0 Å². The van der Waals surface area contributed by atoms with E-state index in [4.69, 9.17) is 0 Å². The average molecular weight is 217 g/mol. The summed E-state index contributed by atoms with van der Waals surface area (Å²) in [6.07, 6.45) is 3.56. The second kappa shape index (κ2) is 7.24. The molecule has 0 bridgehead atoms. The Morgan fingerprint density at radius 2 is 1.81 bits per heavy atom. The van der Waals surface area contributed by atoms with Crippen LogP contribution in [0.4, 0.5) is 0 Å². The van der Waals surface area contributed by atoms with E-state index in [1.54, 1.807) is 0 Å². The minimum Gasteiger partial charge on any atom is -0.300 e. The van der Waals surface area contributed by atoms with Crippen molar-refractivity contribution >= 4 is 5.57 Å². The highest BCUT2D eigenvalue weighted by Gasteiger charge is 2.10. The van der Waals surface area contributed by atoms with Crippen molar-refractivity contribution in [3.63, 3.8) is 0 Å². The molecule has 0 aromatic heterocycles. The van der Waals surface area contributed by atoms with Crippen molar-refractivity contribution in [3.8, 4) is 0 Å². The summed E-state index contributed by atoms with van der Waals surface area (Å²) in [4.78, 5) is 2.46. The lowest BCUT2D eigenvalue weighted by Crippen LogP contribution is -2.27. The molecule has 1 heteroatoms. The van der Waals surface area contributed by atoms with Gasteiger partial charge in [-0.05, 0) is 24.1 Å². The van der Waals surface area contributed by atoms with Crippen molar-refractivity contribution in [1.29, 1.82) is 0 Å². The van der Waals surface area contributed by atoms with Gasteiger partial charge in [0.15, 0.2) is 0 Å². The molecule has 0 N–H and O–H groups in total. The molecule has 0 fully saturated rings. The third kappa shape index (κ3) is 3.49. The molecule has 0 amide bonds. The molecule has 0 saturated carbocycles. The summed E-state index contributed by atoms with van der Waals surface area (Å²) >= 11 is 0. The molecule has 1 heterocycles. The highest BCUT2D eigenvalue weighted by molar-refractivity contribution is 5.66. The lowest BCUT2D eigenvalue weighted by molar-refractivity contribution is 0.319. The molecule has 0 saturated heterocycles. The fourth-order valence-corrected chi connectivity index (χ4v) is 1.91. The molecule has 16 heavy (non-hydrogen) atoms. The molecule has 1 aromatic rings. The Hall–Kier alpha value is -1.08. The lowest BCUT2D eigenvalue weighted by Gasteiger charge is -2.24. The van der Waals surface area contributed by atoms with E-state index in [1.165, 1.54) is 30.6 Å². The van der Waals surface area contributed by atoms with Crippen LogP contribution in [0.25, 0.3) is 5.57 Å². The zero-order chi connectivity index (χ0) is 11.8. The van der Waals surface area contributed by atoms with Crippen molar-refractivity contribution in [2.45, 2.75) is 27.2 Å². The summed E-state index contributed by atoms with van der Waals surface area (Å²) in [7, 11) is 0. The van der Waals surface area contributed by atoms with Crippen LogP contribution in [0.15, 0.2) is 36.4 Å². The zero-order valence-corrected chi connectivity index (χ0v) is 10.7. The van der Waals surface area contributed by atoms with Crippen molar-refractivity contribution < 1.29 is 0 Å². The normalized spacial score (nSPS) is 16.1. The third-order valence-electron chi connectivity index (χ3n) is 2.89. The second-order valence-corrected chi connectivity index (χ2v) is 3.74. The summed E-state index contributed by atoms with van der Waals surface area (Å²) in [5.74, 6) is 0. The van der Waals surface area contributed by atoms with Crippen LogP contribution in [-0.4, -0.2) is 24.5 Å². The molecular weight excluding hydrogens is 194 g/mol. The Morgan fingerprint density at radius 1 is 1.12 bits per heavy atom. The maximum atomic E-state index is 2.46. The summed E-state index contributed by atoms with van der Waals surface area (Å²) < 4.78 is 0. The Morgan fingerprint density at radius 3 is 2.31 bits per heavy atom. The maximum absolute atomic E-state index is 2.46. The first kappa shape index (κ1) is 13.0. The molecule has 1 aliphatic heterocycles. The van der Waals surface area contributed by atoms with E-state index in [0.717, 1.165) is 6.54 Å². The van der Waals surface area contributed by atoms with Crippen LogP contribution in [0.3, 0.4) is 0 Å². The van der Waals surface area contributed by atoms with E-state index in [1.807, 2.05) is 13.8 Å². The van der Waals surface area contributed by atoms with E-state index in [2.05, 4.69) is 48.2 Å². The van der Waals surface area contributed by atoms with Crippen LogP contribution in [0.2, 0.25) is 0 Å². The average Bonchev–Trinajstić information content (AvgIpc) is 2.42. The Bertz CT molecular complexity index is 313.